The number of amides is 2. The molecule has 1 N–H and O–H groups in total. The summed E-state index contributed by atoms with van der Waals surface area (Å²) in [5.41, 5.74) is 1.84. The predicted octanol–water partition coefficient (Wildman–Crippen LogP) is 2.96. The predicted molar refractivity (Wildman–Crippen MR) is 117 cm³/mol. The Balaban J connectivity index is 1.31. The van der Waals surface area contributed by atoms with Gasteiger partial charge in [0.15, 0.2) is 0 Å². The molecular weight excluding hydrogens is 410 g/mol. The van der Waals surface area contributed by atoms with E-state index in [-0.39, 0.29) is 18.2 Å². The van der Waals surface area contributed by atoms with Crippen LogP contribution in [0.25, 0.3) is 0 Å². The van der Waals surface area contributed by atoms with Crippen LogP contribution >= 0.6 is 0 Å². The Kier molecular flexibility index (Phi) is 5.10. The summed E-state index contributed by atoms with van der Waals surface area (Å²) in [6, 6.07) is 15.3. The van der Waals surface area contributed by atoms with E-state index in [0.717, 1.165) is 17.7 Å². The summed E-state index contributed by atoms with van der Waals surface area (Å²) in [4.78, 5) is 31.5. The van der Waals surface area contributed by atoms with E-state index >= 15 is 0 Å². The maximum absolute atomic E-state index is 13.0. The van der Waals surface area contributed by atoms with Crippen molar-refractivity contribution < 1.29 is 23.8 Å². The molecule has 3 aromatic rings. The standard InChI is InChI=1S/C24H21N3O5/c1-27-20-11-15-8-10-30-21(15)13-22(20)31-14-19(24(27)29)26-23(28)18-12-17(7-9-25-18)32-16-5-3-2-4-6-16/h2-7,9,11-13,19H,8,10,14H2,1H3,(H,26,28). The van der Waals surface area contributed by atoms with Crippen molar-refractivity contribution in [2.45, 2.75) is 12.5 Å². The van der Waals surface area contributed by atoms with E-state index in [1.54, 1.807) is 19.2 Å². The Morgan fingerprint density at radius 1 is 1.09 bits per heavy atom. The second-order valence-corrected chi connectivity index (χ2v) is 7.55. The van der Waals surface area contributed by atoms with Gasteiger partial charge in [-0.15, -0.1) is 0 Å². The van der Waals surface area contributed by atoms with Crippen LogP contribution in [0.5, 0.6) is 23.0 Å². The first-order valence-electron chi connectivity index (χ1n) is 10.3. The first kappa shape index (κ1) is 19.9. The minimum Gasteiger partial charge on any atom is -0.493 e. The number of pyridine rings is 1. The zero-order valence-corrected chi connectivity index (χ0v) is 17.4. The second-order valence-electron chi connectivity index (χ2n) is 7.55. The Morgan fingerprint density at radius 3 is 2.78 bits per heavy atom. The molecule has 1 unspecified atom stereocenters. The third-order valence-corrected chi connectivity index (χ3v) is 5.41. The molecule has 0 bridgehead atoms. The largest absolute Gasteiger partial charge is 0.493 e. The van der Waals surface area contributed by atoms with Gasteiger partial charge in [0.25, 0.3) is 11.8 Å². The summed E-state index contributed by atoms with van der Waals surface area (Å²) in [7, 11) is 1.67. The Morgan fingerprint density at radius 2 is 1.94 bits per heavy atom. The summed E-state index contributed by atoms with van der Waals surface area (Å²) < 4.78 is 17.2. The van der Waals surface area contributed by atoms with Crippen LogP contribution in [0, 0.1) is 0 Å². The number of nitrogens with one attached hydrogen (secondary N) is 1. The molecule has 8 nitrogen and oxygen atoms in total. The Labute approximate surface area is 184 Å². The molecule has 0 aliphatic carbocycles. The molecule has 0 radical (unpaired) electrons. The normalized spacial score (nSPS) is 16.8. The van der Waals surface area contributed by atoms with E-state index in [1.165, 1.54) is 17.2 Å². The van der Waals surface area contributed by atoms with E-state index in [0.29, 0.717) is 29.5 Å². The molecule has 0 saturated heterocycles. The van der Waals surface area contributed by atoms with Crippen LogP contribution in [0.4, 0.5) is 5.69 Å². The number of aromatic nitrogens is 1. The number of rotatable bonds is 4. The molecular formula is C24H21N3O5. The van der Waals surface area contributed by atoms with Crippen molar-refractivity contribution in [2.24, 2.45) is 0 Å². The molecule has 32 heavy (non-hydrogen) atoms. The lowest BCUT2D eigenvalue weighted by Gasteiger charge is -2.20. The van der Waals surface area contributed by atoms with Crippen LogP contribution in [0.3, 0.4) is 0 Å². The Hall–Kier alpha value is -4.07. The van der Waals surface area contributed by atoms with Crippen LogP contribution in [-0.4, -0.2) is 43.1 Å². The number of carbonyl (C=O) groups excluding carboxylic acids is 2. The van der Waals surface area contributed by atoms with E-state index in [4.69, 9.17) is 14.2 Å². The summed E-state index contributed by atoms with van der Waals surface area (Å²) in [5, 5.41) is 2.73. The molecule has 0 spiro atoms. The third kappa shape index (κ3) is 3.82. The van der Waals surface area contributed by atoms with Crippen LogP contribution < -0.4 is 24.4 Å². The highest BCUT2D eigenvalue weighted by atomic mass is 16.5. The molecule has 2 aromatic carbocycles. The van der Waals surface area contributed by atoms with Gasteiger partial charge in [0.1, 0.15) is 41.3 Å². The zero-order chi connectivity index (χ0) is 22.1. The lowest BCUT2D eigenvalue weighted by molar-refractivity contribution is -0.120. The number of likely N-dealkylation sites (N-methyl/N-ethyl adjacent to an activating group) is 1. The summed E-state index contributed by atoms with van der Waals surface area (Å²) in [6.07, 6.45) is 2.28. The number of hydrogen-bond donors (Lipinski definition) is 1. The van der Waals surface area contributed by atoms with Gasteiger partial charge < -0.3 is 24.4 Å². The quantitative estimate of drug-likeness (QED) is 0.683. The molecule has 0 fully saturated rings. The fourth-order valence-corrected chi connectivity index (χ4v) is 3.73. The van der Waals surface area contributed by atoms with Gasteiger partial charge in [-0.2, -0.15) is 0 Å². The Bertz CT molecular complexity index is 1180. The number of fused-ring (bicyclic) bond motifs is 2. The number of carbonyl (C=O) groups is 2. The molecule has 0 saturated carbocycles. The summed E-state index contributed by atoms with van der Waals surface area (Å²) in [6.45, 7) is 0.621. The van der Waals surface area contributed by atoms with Crippen molar-refractivity contribution in [3.05, 3.63) is 72.1 Å². The van der Waals surface area contributed by atoms with Crippen molar-refractivity contribution in [1.29, 1.82) is 0 Å². The van der Waals surface area contributed by atoms with Crippen LogP contribution in [-0.2, 0) is 11.2 Å². The van der Waals surface area contributed by atoms with Gasteiger partial charge in [-0.3, -0.25) is 14.6 Å². The van der Waals surface area contributed by atoms with Crippen molar-refractivity contribution in [2.75, 3.05) is 25.2 Å². The first-order valence-corrected chi connectivity index (χ1v) is 10.3. The molecule has 2 amide bonds. The third-order valence-electron chi connectivity index (χ3n) is 5.41. The highest BCUT2D eigenvalue weighted by Crippen LogP contribution is 2.39. The number of ether oxygens (including phenoxy) is 3. The molecule has 2 aliphatic rings. The van der Waals surface area contributed by atoms with Gasteiger partial charge in [0, 0.05) is 31.8 Å². The minimum absolute atomic E-state index is 0.000899. The fourth-order valence-electron chi connectivity index (χ4n) is 3.73. The molecule has 2 aliphatic heterocycles. The van der Waals surface area contributed by atoms with Crippen molar-refractivity contribution >= 4 is 17.5 Å². The first-order chi connectivity index (χ1) is 15.6. The minimum atomic E-state index is -0.865. The molecule has 162 valence electrons. The van der Waals surface area contributed by atoms with Gasteiger partial charge >= 0.3 is 0 Å². The number of para-hydroxylation sites is 1. The van der Waals surface area contributed by atoms with Crippen molar-refractivity contribution in [1.82, 2.24) is 10.3 Å². The molecule has 8 heteroatoms. The average Bonchev–Trinajstić information content (AvgIpc) is 3.24. The maximum Gasteiger partial charge on any atom is 0.270 e. The summed E-state index contributed by atoms with van der Waals surface area (Å²) >= 11 is 0. The van der Waals surface area contributed by atoms with Gasteiger partial charge in [-0.1, -0.05) is 18.2 Å². The van der Waals surface area contributed by atoms with Crippen LogP contribution in [0.15, 0.2) is 60.8 Å². The number of benzene rings is 2. The highest BCUT2D eigenvalue weighted by Gasteiger charge is 2.32. The maximum atomic E-state index is 13.0. The molecule has 1 aromatic heterocycles. The number of anilines is 1. The molecule has 3 heterocycles. The topological polar surface area (TPSA) is 90.0 Å². The SMILES string of the molecule is CN1C(=O)C(NC(=O)c2cc(Oc3ccccc3)ccn2)COc2cc3c(cc21)CCO3. The van der Waals surface area contributed by atoms with Crippen LogP contribution in [0.2, 0.25) is 0 Å². The van der Waals surface area contributed by atoms with Gasteiger partial charge in [0.05, 0.1) is 12.3 Å². The zero-order valence-electron chi connectivity index (χ0n) is 17.4. The van der Waals surface area contributed by atoms with Crippen molar-refractivity contribution in [3.63, 3.8) is 0 Å². The number of hydrogen-bond acceptors (Lipinski definition) is 6. The smallest absolute Gasteiger partial charge is 0.270 e. The average molecular weight is 431 g/mol. The fraction of sp³-hybridized carbons (Fsp3) is 0.208. The monoisotopic (exact) mass is 431 g/mol. The number of nitrogens with zero attached hydrogens (tertiary/aromatic N) is 2. The second kappa shape index (κ2) is 8.22. The van der Waals surface area contributed by atoms with Gasteiger partial charge in [-0.25, -0.2) is 0 Å². The molecule has 5 rings (SSSR count). The van der Waals surface area contributed by atoms with E-state index in [2.05, 4.69) is 10.3 Å². The van der Waals surface area contributed by atoms with Crippen molar-refractivity contribution in [3.8, 4) is 23.0 Å². The summed E-state index contributed by atoms with van der Waals surface area (Å²) in [5.74, 6) is 1.68. The van der Waals surface area contributed by atoms with Crippen LogP contribution in [0.1, 0.15) is 16.1 Å². The van der Waals surface area contributed by atoms with Gasteiger partial charge in [-0.05, 0) is 29.8 Å². The van der Waals surface area contributed by atoms with E-state index in [9.17, 15) is 9.59 Å². The van der Waals surface area contributed by atoms with E-state index in [1.807, 2.05) is 36.4 Å². The van der Waals surface area contributed by atoms with Gasteiger partial charge in [0.2, 0.25) is 0 Å². The van der Waals surface area contributed by atoms with E-state index < -0.39 is 11.9 Å². The lowest BCUT2D eigenvalue weighted by Crippen LogP contribution is -2.49. The lowest BCUT2D eigenvalue weighted by atomic mass is 10.1. The molecule has 1 atom stereocenters. The highest BCUT2D eigenvalue weighted by molar-refractivity contribution is 6.03.